The highest BCUT2D eigenvalue weighted by atomic mass is 15.0. The summed E-state index contributed by atoms with van der Waals surface area (Å²) < 4.78 is 2.28. The number of rotatable bonds is 1. The fraction of sp³-hybridized carbons (Fsp3) is 0. The predicted octanol–water partition coefficient (Wildman–Crippen LogP) is 4.37. The molecule has 20 heavy (non-hydrogen) atoms. The zero-order chi connectivity index (χ0) is 13.5. The minimum atomic E-state index is 0.800. The van der Waals surface area contributed by atoms with Crippen molar-refractivity contribution in [1.29, 1.82) is 0 Å². The highest BCUT2D eigenvalue weighted by molar-refractivity contribution is 6.10. The maximum atomic E-state index is 5.95. The van der Waals surface area contributed by atoms with E-state index in [1.165, 1.54) is 27.5 Å². The Morgan fingerprint density at radius 2 is 1.35 bits per heavy atom. The molecule has 0 saturated heterocycles. The molecule has 0 aliphatic rings. The van der Waals surface area contributed by atoms with Gasteiger partial charge >= 0.3 is 0 Å². The van der Waals surface area contributed by atoms with Crippen LogP contribution in [0.4, 0.5) is 5.69 Å². The van der Waals surface area contributed by atoms with Gasteiger partial charge in [-0.05, 0) is 36.4 Å². The van der Waals surface area contributed by atoms with Crippen LogP contribution in [0.25, 0.3) is 27.5 Å². The molecular formula is C18H14N2. The molecule has 0 saturated carbocycles. The summed E-state index contributed by atoms with van der Waals surface area (Å²) >= 11 is 0. The molecule has 0 fully saturated rings. The van der Waals surface area contributed by atoms with E-state index >= 15 is 0 Å². The average molecular weight is 258 g/mol. The normalized spacial score (nSPS) is 11.2. The van der Waals surface area contributed by atoms with Gasteiger partial charge in [-0.2, -0.15) is 0 Å². The van der Waals surface area contributed by atoms with Crippen molar-refractivity contribution >= 4 is 27.5 Å². The number of benzene rings is 3. The Morgan fingerprint density at radius 3 is 2.20 bits per heavy atom. The van der Waals surface area contributed by atoms with E-state index in [2.05, 4.69) is 65.2 Å². The number of hydrogen-bond donors (Lipinski definition) is 1. The van der Waals surface area contributed by atoms with Crippen molar-refractivity contribution < 1.29 is 0 Å². The molecule has 4 aromatic rings. The largest absolute Gasteiger partial charge is 0.399 e. The van der Waals surface area contributed by atoms with Gasteiger partial charge in [-0.1, -0.05) is 36.4 Å². The first kappa shape index (κ1) is 11.1. The molecular weight excluding hydrogens is 244 g/mol. The lowest BCUT2D eigenvalue weighted by Crippen LogP contribution is -1.93. The molecule has 0 bridgehead atoms. The van der Waals surface area contributed by atoms with E-state index in [-0.39, 0.29) is 0 Å². The maximum absolute atomic E-state index is 5.95. The minimum absolute atomic E-state index is 0.800. The molecule has 2 heteroatoms. The Labute approximate surface area is 117 Å². The third-order valence-electron chi connectivity index (χ3n) is 3.71. The van der Waals surface area contributed by atoms with Gasteiger partial charge in [0.1, 0.15) is 0 Å². The Morgan fingerprint density at radius 1 is 0.650 bits per heavy atom. The van der Waals surface area contributed by atoms with E-state index in [9.17, 15) is 0 Å². The van der Waals surface area contributed by atoms with Gasteiger partial charge in [-0.15, -0.1) is 0 Å². The molecule has 3 aromatic carbocycles. The molecule has 2 N–H and O–H groups in total. The molecule has 0 radical (unpaired) electrons. The van der Waals surface area contributed by atoms with Crippen molar-refractivity contribution in [3.8, 4) is 5.69 Å². The molecule has 0 spiro atoms. The van der Waals surface area contributed by atoms with E-state index in [0.717, 1.165) is 5.69 Å². The lowest BCUT2D eigenvalue weighted by Gasteiger charge is -2.07. The van der Waals surface area contributed by atoms with E-state index in [1.807, 2.05) is 12.1 Å². The van der Waals surface area contributed by atoms with Gasteiger partial charge in [0.2, 0.25) is 0 Å². The molecule has 2 nitrogen and oxygen atoms in total. The van der Waals surface area contributed by atoms with Crippen LogP contribution in [0.3, 0.4) is 0 Å². The Hall–Kier alpha value is -2.74. The second-order valence-corrected chi connectivity index (χ2v) is 4.96. The molecule has 0 amide bonds. The molecule has 0 atom stereocenters. The summed E-state index contributed by atoms with van der Waals surface area (Å²) in [5, 5.41) is 2.43. The van der Waals surface area contributed by atoms with Gasteiger partial charge < -0.3 is 10.3 Å². The lowest BCUT2D eigenvalue weighted by molar-refractivity contribution is 1.18. The number of fused-ring (bicyclic) bond motifs is 3. The van der Waals surface area contributed by atoms with Crippen LogP contribution in [0.1, 0.15) is 0 Å². The standard InChI is InChI=1S/C18H14N2/c19-13-10-11-18-16(12-13)15-8-4-5-9-17(15)20(18)14-6-2-1-3-7-14/h1-12H,19H2. The number of anilines is 1. The summed E-state index contributed by atoms with van der Waals surface area (Å²) in [5.41, 5.74) is 10.3. The third kappa shape index (κ3) is 1.51. The fourth-order valence-electron chi connectivity index (χ4n) is 2.85. The highest BCUT2D eigenvalue weighted by Gasteiger charge is 2.11. The van der Waals surface area contributed by atoms with Crippen LogP contribution in [-0.4, -0.2) is 4.57 Å². The highest BCUT2D eigenvalue weighted by Crippen LogP contribution is 2.32. The van der Waals surface area contributed by atoms with Gasteiger partial charge in [-0.3, -0.25) is 0 Å². The molecule has 0 aliphatic heterocycles. The number of hydrogen-bond acceptors (Lipinski definition) is 1. The molecule has 1 heterocycles. The van der Waals surface area contributed by atoms with Gasteiger partial charge in [0, 0.05) is 22.1 Å². The van der Waals surface area contributed by atoms with Crippen LogP contribution in [0.2, 0.25) is 0 Å². The van der Waals surface area contributed by atoms with Gasteiger partial charge in [0.15, 0.2) is 0 Å². The van der Waals surface area contributed by atoms with Crippen LogP contribution in [0.5, 0.6) is 0 Å². The minimum Gasteiger partial charge on any atom is -0.399 e. The third-order valence-corrected chi connectivity index (χ3v) is 3.71. The van der Waals surface area contributed by atoms with Crippen molar-refractivity contribution in [3.05, 3.63) is 72.8 Å². The van der Waals surface area contributed by atoms with Crippen LogP contribution in [0.15, 0.2) is 72.8 Å². The molecule has 0 aliphatic carbocycles. The lowest BCUT2D eigenvalue weighted by atomic mass is 10.1. The van der Waals surface area contributed by atoms with E-state index < -0.39 is 0 Å². The first-order valence-corrected chi connectivity index (χ1v) is 6.69. The summed E-state index contributed by atoms with van der Waals surface area (Å²) in [5.74, 6) is 0. The fourth-order valence-corrected chi connectivity index (χ4v) is 2.85. The summed E-state index contributed by atoms with van der Waals surface area (Å²) in [6.07, 6.45) is 0. The molecule has 0 unspecified atom stereocenters. The average Bonchev–Trinajstić information content (AvgIpc) is 2.82. The van der Waals surface area contributed by atoms with Crippen molar-refractivity contribution in [2.45, 2.75) is 0 Å². The van der Waals surface area contributed by atoms with Gasteiger partial charge in [-0.25, -0.2) is 0 Å². The quantitative estimate of drug-likeness (QED) is 0.505. The van der Waals surface area contributed by atoms with Crippen molar-refractivity contribution in [3.63, 3.8) is 0 Å². The van der Waals surface area contributed by atoms with Crippen LogP contribution < -0.4 is 5.73 Å². The predicted molar refractivity (Wildman–Crippen MR) is 85.2 cm³/mol. The first-order chi connectivity index (χ1) is 9.84. The summed E-state index contributed by atoms with van der Waals surface area (Å²) in [6, 6.07) is 25.0. The molecule has 96 valence electrons. The number of nitrogen functional groups attached to an aromatic ring is 1. The number of nitrogens with zero attached hydrogens (tertiary/aromatic N) is 1. The monoisotopic (exact) mass is 258 g/mol. The number of aromatic nitrogens is 1. The zero-order valence-electron chi connectivity index (χ0n) is 11.0. The zero-order valence-corrected chi connectivity index (χ0v) is 11.0. The second-order valence-electron chi connectivity index (χ2n) is 4.96. The van der Waals surface area contributed by atoms with Crippen molar-refractivity contribution in [1.82, 2.24) is 4.57 Å². The van der Waals surface area contributed by atoms with E-state index in [0.29, 0.717) is 0 Å². The summed E-state index contributed by atoms with van der Waals surface area (Å²) in [7, 11) is 0. The summed E-state index contributed by atoms with van der Waals surface area (Å²) in [4.78, 5) is 0. The Balaban J connectivity index is 2.22. The van der Waals surface area contributed by atoms with Crippen LogP contribution >= 0.6 is 0 Å². The topological polar surface area (TPSA) is 30.9 Å². The second kappa shape index (κ2) is 4.14. The number of nitrogens with two attached hydrogens (primary N) is 1. The molecule has 1 aromatic heterocycles. The summed E-state index contributed by atoms with van der Waals surface area (Å²) in [6.45, 7) is 0. The Bertz CT molecular complexity index is 905. The first-order valence-electron chi connectivity index (χ1n) is 6.69. The van der Waals surface area contributed by atoms with E-state index in [1.54, 1.807) is 0 Å². The van der Waals surface area contributed by atoms with Crippen molar-refractivity contribution in [2.75, 3.05) is 5.73 Å². The van der Waals surface area contributed by atoms with Crippen LogP contribution in [-0.2, 0) is 0 Å². The SMILES string of the molecule is Nc1ccc2c(c1)c1ccccc1n2-c1ccccc1. The van der Waals surface area contributed by atoms with Crippen LogP contribution in [0, 0.1) is 0 Å². The number of para-hydroxylation sites is 2. The van der Waals surface area contributed by atoms with Gasteiger partial charge in [0.05, 0.1) is 11.0 Å². The maximum Gasteiger partial charge on any atom is 0.0542 e. The van der Waals surface area contributed by atoms with Crippen molar-refractivity contribution in [2.24, 2.45) is 0 Å². The molecule has 4 rings (SSSR count). The van der Waals surface area contributed by atoms with Gasteiger partial charge in [0.25, 0.3) is 0 Å². The Kier molecular flexibility index (Phi) is 2.30. The smallest absolute Gasteiger partial charge is 0.0542 e. The van der Waals surface area contributed by atoms with E-state index in [4.69, 9.17) is 5.73 Å².